The van der Waals surface area contributed by atoms with E-state index in [0.717, 1.165) is 30.9 Å². The second-order valence-corrected chi connectivity index (χ2v) is 6.68. The number of rotatable bonds is 6. The summed E-state index contributed by atoms with van der Waals surface area (Å²) in [7, 11) is 1.79. The Balaban J connectivity index is 1.56. The zero-order chi connectivity index (χ0) is 11.7. The average molecular weight is 237 g/mol. The molecule has 0 amide bonds. The van der Waals surface area contributed by atoms with Crippen molar-refractivity contribution in [2.75, 3.05) is 26.8 Å². The molecule has 0 aromatic heterocycles. The van der Waals surface area contributed by atoms with Gasteiger partial charge in [-0.1, -0.05) is 12.8 Å². The molecule has 1 N–H and O–H groups in total. The molecule has 2 unspecified atom stereocenters. The predicted molar refractivity (Wildman–Crippen MR) is 70.0 cm³/mol. The second kappa shape index (κ2) is 4.89. The molecule has 3 saturated carbocycles. The van der Waals surface area contributed by atoms with Crippen molar-refractivity contribution in [3.63, 3.8) is 0 Å². The molecular weight excluding hydrogens is 210 g/mol. The van der Waals surface area contributed by atoms with Crippen molar-refractivity contribution >= 4 is 0 Å². The van der Waals surface area contributed by atoms with Crippen LogP contribution in [0.25, 0.3) is 0 Å². The molecule has 3 aliphatic rings. The molecule has 0 aromatic carbocycles. The topological polar surface area (TPSA) is 21.3 Å². The van der Waals surface area contributed by atoms with Gasteiger partial charge in [-0.2, -0.15) is 0 Å². The molecule has 3 rings (SSSR count). The van der Waals surface area contributed by atoms with E-state index in [9.17, 15) is 0 Å². The SMILES string of the molecule is COCCNCC1(C2CCCC2)CC2CC2C1. The van der Waals surface area contributed by atoms with Crippen molar-refractivity contribution in [2.24, 2.45) is 23.2 Å². The molecule has 0 aliphatic heterocycles. The number of methoxy groups -OCH3 is 1. The molecule has 3 fully saturated rings. The fourth-order valence-corrected chi connectivity index (χ4v) is 4.61. The monoisotopic (exact) mass is 237 g/mol. The van der Waals surface area contributed by atoms with Gasteiger partial charge < -0.3 is 10.1 Å². The predicted octanol–water partition coefficient (Wildman–Crippen LogP) is 2.83. The maximum atomic E-state index is 5.13. The molecule has 2 nitrogen and oxygen atoms in total. The highest BCUT2D eigenvalue weighted by Gasteiger charge is 2.56. The summed E-state index contributed by atoms with van der Waals surface area (Å²) >= 11 is 0. The first-order valence-electron chi connectivity index (χ1n) is 7.54. The van der Waals surface area contributed by atoms with Gasteiger partial charge in [0.25, 0.3) is 0 Å². The van der Waals surface area contributed by atoms with E-state index in [1.165, 1.54) is 45.1 Å². The standard InChI is InChI=1S/C15H27NO/c1-17-7-6-16-11-15(14-4-2-3-5-14)9-12-8-13(12)10-15/h12-14,16H,2-11H2,1H3. The van der Waals surface area contributed by atoms with Crippen molar-refractivity contribution in [2.45, 2.75) is 44.9 Å². The summed E-state index contributed by atoms with van der Waals surface area (Å²) in [5.41, 5.74) is 0.678. The van der Waals surface area contributed by atoms with Gasteiger partial charge in [0.2, 0.25) is 0 Å². The maximum Gasteiger partial charge on any atom is 0.0587 e. The lowest BCUT2D eigenvalue weighted by atomic mass is 9.71. The minimum atomic E-state index is 0.678. The highest BCUT2D eigenvalue weighted by Crippen LogP contribution is 2.64. The Morgan fingerprint density at radius 2 is 1.88 bits per heavy atom. The van der Waals surface area contributed by atoms with Crippen molar-refractivity contribution in [1.29, 1.82) is 0 Å². The summed E-state index contributed by atoms with van der Waals surface area (Å²) in [6.07, 6.45) is 10.6. The smallest absolute Gasteiger partial charge is 0.0587 e. The van der Waals surface area contributed by atoms with Gasteiger partial charge >= 0.3 is 0 Å². The van der Waals surface area contributed by atoms with Crippen molar-refractivity contribution in [1.82, 2.24) is 5.32 Å². The van der Waals surface area contributed by atoms with Gasteiger partial charge in [-0.25, -0.2) is 0 Å². The highest BCUT2D eigenvalue weighted by molar-refractivity contribution is 5.07. The fraction of sp³-hybridized carbons (Fsp3) is 1.00. The van der Waals surface area contributed by atoms with Crippen LogP contribution in [0.5, 0.6) is 0 Å². The van der Waals surface area contributed by atoms with Crippen molar-refractivity contribution < 1.29 is 4.74 Å². The van der Waals surface area contributed by atoms with E-state index in [1.807, 2.05) is 0 Å². The Bertz CT molecular complexity index is 250. The van der Waals surface area contributed by atoms with E-state index in [4.69, 9.17) is 4.74 Å². The third kappa shape index (κ3) is 2.39. The summed E-state index contributed by atoms with van der Waals surface area (Å²) in [6.45, 7) is 3.14. The van der Waals surface area contributed by atoms with Crippen LogP contribution in [-0.4, -0.2) is 26.8 Å². The molecular formula is C15H27NO. The first kappa shape index (κ1) is 12.0. The Kier molecular flexibility index (Phi) is 3.45. The number of hydrogen-bond acceptors (Lipinski definition) is 2. The van der Waals surface area contributed by atoms with Gasteiger partial charge in [-0.05, 0) is 55.3 Å². The molecule has 0 heterocycles. The summed E-state index contributed by atoms with van der Waals surface area (Å²) < 4.78 is 5.13. The van der Waals surface area contributed by atoms with Crippen LogP contribution in [0.2, 0.25) is 0 Å². The van der Waals surface area contributed by atoms with Gasteiger partial charge in [0.05, 0.1) is 6.61 Å². The Hall–Kier alpha value is -0.0800. The van der Waals surface area contributed by atoms with Crippen molar-refractivity contribution in [3.05, 3.63) is 0 Å². The molecule has 3 aliphatic carbocycles. The van der Waals surface area contributed by atoms with Crippen LogP contribution in [0.15, 0.2) is 0 Å². The van der Waals surface area contributed by atoms with E-state index in [-0.39, 0.29) is 0 Å². The molecule has 2 atom stereocenters. The van der Waals surface area contributed by atoms with Gasteiger partial charge in [-0.15, -0.1) is 0 Å². The number of hydrogen-bond donors (Lipinski definition) is 1. The molecule has 0 saturated heterocycles. The number of fused-ring (bicyclic) bond motifs is 1. The van der Waals surface area contributed by atoms with Gasteiger partial charge in [0, 0.05) is 20.2 Å². The minimum Gasteiger partial charge on any atom is -0.383 e. The lowest BCUT2D eigenvalue weighted by molar-refractivity contribution is 0.135. The van der Waals surface area contributed by atoms with Crippen LogP contribution in [0.1, 0.15) is 44.9 Å². The molecule has 17 heavy (non-hydrogen) atoms. The molecule has 0 bridgehead atoms. The van der Waals surface area contributed by atoms with Gasteiger partial charge in [0.1, 0.15) is 0 Å². The largest absolute Gasteiger partial charge is 0.383 e. The van der Waals surface area contributed by atoms with E-state index >= 15 is 0 Å². The van der Waals surface area contributed by atoms with Crippen LogP contribution in [0.3, 0.4) is 0 Å². The summed E-state index contributed by atoms with van der Waals surface area (Å²) in [5, 5.41) is 3.66. The molecule has 0 spiro atoms. The first-order chi connectivity index (χ1) is 8.34. The zero-order valence-corrected chi connectivity index (χ0v) is 11.2. The normalized spacial score (nSPS) is 40.8. The summed E-state index contributed by atoms with van der Waals surface area (Å²) in [5.74, 6) is 3.25. The molecule has 0 aromatic rings. The average Bonchev–Trinajstić information content (AvgIpc) is 2.83. The van der Waals surface area contributed by atoms with Crippen LogP contribution in [0.4, 0.5) is 0 Å². The highest BCUT2D eigenvalue weighted by atomic mass is 16.5. The fourth-order valence-electron chi connectivity index (χ4n) is 4.61. The van der Waals surface area contributed by atoms with Crippen LogP contribution in [0, 0.1) is 23.2 Å². The quantitative estimate of drug-likeness (QED) is 0.717. The number of ether oxygens (including phenoxy) is 1. The zero-order valence-electron chi connectivity index (χ0n) is 11.2. The number of nitrogens with one attached hydrogen (secondary N) is 1. The van der Waals surface area contributed by atoms with E-state index in [1.54, 1.807) is 13.5 Å². The molecule has 2 heteroatoms. The van der Waals surface area contributed by atoms with Gasteiger partial charge in [0.15, 0.2) is 0 Å². The van der Waals surface area contributed by atoms with Crippen LogP contribution in [-0.2, 0) is 4.74 Å². The Morgan fingerprint density at radius 1 is 1.18 bits per heavy atom. The van der Waals surface area contributed by atoms with E-state index in [2.05, 4.69) is 5.32 Å². The molecule has 98 valence electrons. The third-order valence-corrected chi connectivity index (χ3v) is 5.59. The van der Waals surface area contributed by atoms with Crippen molar-refractivity contribution in [3.8, 4) is 0 Å². The summed E-state index contributed by atoms with van der Waals surface area (Å²) in [6, 6.07) is 0. The van der Waals surface area contributed by atoms with E-state index < -0.39 is 0 Å². The second-order valence-electron chi connectivity index (χ2n) is 6.68. The third-order valence-electron chi connectivity index (χ3n) is 5.59. The molecule has 0 radical (unpaired) electrons. The minimum absolute atomic E-state index is 0.678. The lowest BCUT2D eigenvalue weighted by Crippen LogP contribution is -2.39. The Labute approximate surface area is 105 Å². The van der Waals surface area contributed by atoms with E-state index in [0.29, 0.717) is 5.41 Å². The maximum absolute atomic E-state index is 5.13. The van der Waals surface area contributed by atoms with Gasteiger partial charge in [-0.3, -0.25) is 0 Å². The lowest BCUT2D eigenvalue weighted by Gasteiger charge is -2.37. The Morgan fingerprint density at radius 3 is 2.53 bits per heavy atom. The first-order valence-corrected chi connectivity index (χ1v) is 7.54. The summed E-state index contributed by atoms with van der Waals surface area (Å²) in [4.78, 5) is 0. The van der Waals surface area contributed by atoms with Crippen LogP contribution < -0.4 is 5.32 Å². The van der Waals surface area contributed by atoms with Crippen LogP contribution >= 0.6 is 0 Å².